The van der Waals surface area contributed by atoms with E-state index in [9.17, 15) is 0 Å². The van der Waals surface area contributed by atoms with Crippen LogP contribution in [-0.2, 0) is 4.74 Å². The molecule has 1 unspecified atom stereocenters. The van der Waals surface area contributed by atoms with E-state index in [4.69, 9.17) is 17.0 Å². The van der Waals surface area contributed by atoms with Crippen LogP contribution < -0.4 is 5.32 Å². The quantitative estimate of drug-likeness (QED) is 0.845. The van der Waals surface area contributed by atoms with Crippen molar-refractivity contribution in [3.63, 3.8) is 0 Å². The van der Waals surface area contributed by atoms with Crippen LogP contribution >= 0.6 is 12.2 Å². The molecule has 2 aromatic rings. The van der Waals surface area contributed by atoms with E-state index in [1.54, 1.807) is 18.6 Å². The Bertz CT molecular complexity index is 578. The van der Waals surface area contributed by atoms with E-state index >= 15 is 0 Å². The molecule has 1 aliphatic heterocycles. The van der Waals surface area contributed by atoms with Crippen molar-refractivity contribution in [2.24, 2.45) is 0 Å². The monoisotopic (exact) mass is 328 g/mol. The predicted octanol–water partition coefficient (Wildman–Crippen LogP) is 1.82. The molecule has 0 amide bonds. The number of hydrogen-bond donors (Lipinski definition) is 1. The van der Waals surface area contributed by atoms with Gasteiger partial charge in [-0.3, -0.25) is 14.9 Å². The highest BCUT2D eigenvalue weighted by Gasteiger charge is 2.21. The SMILES string of the molecule is S=C(NCN1CCOCC1)C(c1ccccc1)c1cnccn1. The first-order valence-corrected chi connectivity index (χ1v) is 8.14. The smallest absolute Gasteiger partial charge is 0.0900 e. The van der Waals surface area contributed by atoms with Crippen molar-refractivity contribution < 1.29 is 4.74 Å². The minimum atomic E-state index is -0.0825. The van der Waals surface area contributed by atoms with Crippen molar-refractivity contribution in [2.45, 2.75) is 5.92 Å². The molecule has 2 heterocycles. The van der Waals surface area contributed by atoms with Crippen LogP contribution in [0.15, 0.2) is 48.9 Å². The number of benzene rings is 1. The second kappa shape index (κ2) is 8.10. The van der Waals surface area contributed by atoms with Crippen molar-refractivity contribution in [1.29, 1.82) is 0 Å². The Morgan fingerprint density at radius 3 is 2.70 bits per heavy atom. The lowest BCUT2D eigenvalue weighted by Gasteiger charge is -2.28. The first-order valence-electron chi connectivity index (χ1n) is 7.73. The lowest BCUT2D eigenvalue weighted by Crippen LogP contribution is -2.44. The van der Waals surface area contributed by atoms with Crippen LogP contribution in [0.25, 0.3) is 0 Å². The average Bonchev–Trinajstić information content (AvgIpc) is 2.63. The summed E-state index contributed by atoms with van der Waals surface area (Å²) in [7, 11) is 0. The number of ether oxygens (including phenoxy) is 1. The maximum Gasteiger partial charge on any atom is 0.0900 e. The maximum absolute atomic E-state index is 5.67. The molecule has 23 heavy (non-hydrogen) atoms. The Morgan fingerprint density at radius 2 is 2.00 bits per heavy atom. The highest BCUT2D eigenvalue weighted by molar-refractivity contribution is 7.80. The maximum atomic E-state index is 5.67. The fourth-order valence-corrected chi connectivity index (χ4v) is 2.93. The van der Waals surface area contributed by atoms with Crippen LogP contribution in [0.3, 0.4) is 0 Å². The molecule has 120 valence electrons. The average molecular weight is 328 g/mol. The molecule has 0 spiro atoms. The van der Waals surface area contributed by atoms with Gasteiger partial charge in [0.2, 0.25) is 0 Å². The Hall–Kier alpha value is -1.89. The third kappa shape index (κ3) is 4.31. The zero-order chi connectivity index (χ0) is 15.9. The molecule has 5 nitrogen and oxygen atoms in total. The van der Waals surface area contributed by atoms with E-state index in [0.29, 0.717) is 0 Å². The second-order valence-electron chi connectivity index (χ2n) is 5.40. The highest BCUT2D eigenvalue weighted by atomic mass is 32.1. The number of nitrogens with zero attached hydrogens (tertiary/aromatic N) is 3. The molecule has 0 radical (unpaired) electrons. The molecule has 0 aliphatic carbocycles. The third-order valence-electron chi connectivity index (χ3n) is 3.85. The molecule has 0 saturated carbocycles. The van der Waals surface area contributed by atoms with Crippen molar-refractivity contribution in [2.75, 3.05) is 33.0 Å². The molecule has 6 heteroatoms. The van der Waals surface area contributed by atoms with Gasteiger partial charge in [-0.05, 0) is 5.56 Å². The third-order valence-corrected chi connectivity index (χ3v) is 4.23. The summed E-state index contributed by atoms with van der Waals surface area (Å²) in [5, 5.41) is 3.38. The van der Waals surface area contributed by atoms with Gasteiger partial charge in [0, 0.05) is 31.7 Å². The minimum Gasteiger partial charge on any atom is -0.379 e. The lowest BCUT2D eigenvalue weighted by atomic mass is 9.96. The zero-order valence-corrected chi connectivity index (χ0v) is 13.7. The Balaban J connectivity index is 1.74. The first kappa shape index (κ1) is 16.0. The largest absolute Gasteiger partial charge is 0.379 e. The normalized spacial score (nSPS) is 16.7. The van der Waals surface area contributed by atoms with Crippen molar-refractivity contribution in [3.05, 3.63) is 60.2 Å². The van der Waals surface area contributed by atoms with Gasteiger partial charge in [-0.1, -0.05) is 42.5 Å². The molecular formula is C17H20N4OS. The van der Waals surface area contributed by atoms with E-state index in [1.807, 2.05) is 18.2 Å². The summed E-state index contributed by atoms with van der Waals surface area (Å²) in [6.45, 7) is 4.14. The molecule has 0 bridgehead atoms. The second-order valence-corrected chi connectivity index (χ2v) is 5.84. The molecular weight excluding hydrogens is 308 g/mol. The first-order chi connectivity index (χ1) is 11.3. The van der Waals surface area contributed by atoms with Crippen LogP contribution in [0.4, 0.5) is 0 Å². The standard InChI is InChI=1S/C17H20N4OS/c23-17(20-13-21-8-10-22-11-9-21)16(14-4-2-1-3-5-14)15-12-18-6-7-19-15/h1-7,12,16H,8-11,13H2,(H,20,23). The zero-order valence-electron chi connectivity index (χ0n) is 12.9. The van der Waals surface area contributed by atoms with Gasteiger partial charge in [-0.2, -0.15) is 0 Å². The van der Waals surface area contributed by atoms with Gasteiger partial charge in [0.25, 0.3) is 0 Å². The minimum absolute atomic E-state index is 0.0825. The summed E-state index contributed by atoms with van der Waals surface area (Å²) >= 11 is 5.67. The fourth-order valence-electron chi connectivity index (χ4n) is 2.61. The van der Waals surface area contributed by atoms with E-state index in [0.717, 1.165) is 49.2 Å². The summed E-state index contributed by atoms with van der Waals surface area (Å²) in [6.07, 6.45) is 5.16. The topological polar surface area (TPSA) is 50.3 Å². The van der Waals surface area contributed by atoms with Crippen LogP contribution in [0.2, 0.25) is 0 Å². The molecule has 1 atom stereocenters. The number of nitrogens with one attached hydrogen (secondary N) is 1. The van der Waals surface area contributed by atoms with Gasteiger partial charge in [-0.25, -0.2) is 0 Å². The molecule has 1 fully saturated rings. The van der Waals surface area contributed by atoms with Crippen molar-refractivity contribution in [1.82, 2.24) is 20.2 Å². The van der Waals surface area contributed by atoms with Gasteiger partial charge < -0.3 is 10.1 Å². The Kier molecular flexibility index (Phi) is 5.63. The van der Waals surface area contributed by atoms with Crippen molar-refractivity contribution >= 4 is 17.2 Å². The Morgan fingerprint density at radius 1 is 1.22 bits per heavy atom. The number of hydrogen-bond acceptors (Lipinski definition) is 5. The molecule has 3 rings (SSSR count). The molecule has 1 aliphatic rings. The fraction of sp³-hybridized carbons (Fsp3) is 0.353. The summed E-state index contributed by atoms with van der Waals surface area (Å²) in [5.74, 6) is -0.0825. The van der Waals surface area contributed by atoms with E-state index in [2.05, 4.69) is 32.3 Å². The summed E-state index contributed by atoms with van der Waals surface area (Å²) in [5.41, 5.74) is 1.98. The summed E-state index contributed by atoms with van der Waals surface area (Å²) < 4.78 is 5.37. The molecule has 1 saturated heterocycles. The van der Waals surface area contributed by atoms with E-state index in [-0.39, 0.29) is 5.92 Å². The van der Waals surface area contributed by atoms with Gasteiger partial charge >= 0.3 is 0 Å². The van der Waals surface area contributed by atoms with Crippen molar-refractivity contribution in [3.8, 4) is 0 Å². The van der Waals surface area contributed by atoms with Gasteiger partial charge in [0.05, 0.1) is 36.5 Å². The molecule has 1 aromatic carbocycles. The lowest BCUT2D eigenvalue weighted by molar-refractivity contribution is 0.0367. The van der Waals surface area contributed by atoms with Gasteiger partial charge in [-0.15, -0.1) is 0 Å². The van der Waals surface area contributed by atoms with Crippen LogP contribution in [0, 0.1) is 0 Å². The molecule has 1 N–H and O–H groups in total. The highest BCUT2D eigenvalue weighted by Crippen LogP contribution is 2.23. The number of rotatable bonds is 5. The van der Waals surface area contributed by atoms with Gasteiger partial charge in [0.1, 0.15) is 0 Å². The van der Waals surface area contributed by atoms with Crippen LogP contribution in [-0.4, -0.2) is 52.8 Å². The van der Waals surface area contributed by atoms with Crippen LogP contribution in [0.1, 0.15) is 17.2 Å². The number of thiocarbonyl (C=S) groups is 1. The van der Waals surface area contributed by atoms with Gasteiger partial charge in [0.15, 0.2) is 0 Å². The Labute approximate surface area is 141 Å². The van der Waals surface area contributed by atoms with E-state index < -0.39 is 0 Å². The molecule has 1 aromatic heterocycles. The van der Waals surface area contributed by atoms with E-state index in [1.165, 1.54) is 0 Å². The predicted molar refractivity (Wildman–Crippen MR) is 93.3 cm³/mol. The summed E-state index contributed by atoms with van der Waals surface area (Å²) in [6, 6.07) is 10.2. The summed E-state index contributed by atoms with van der Waals surface area (Å²) in [4.78, 5) is 11.7. The number of morpholine rings is 1. The van der Waals surface area contributed by atoms with Crippen LogP contribution in [0.5, 0.6) is 0 Å². The number of aromatic nitrogens is 2.